The zero-order chi connectivity index (χ0) is 60.5. The van der Waals surface area contributed by atoms with Crippen molar-refractivity contribution in [2.45, 2.75) is 302 Å². The smallest absolute Gasteiger partial charge is 0.306 e. The van der Waals surface area contributed by atoms with Crippen LogP contribution in [-0.2, 0) is 19.1 Å². The third-order valence-corrected chi connectivity index (χ3v) is 14.5. The molecule has 0 aliphatic heterocycles. The second-order valence-corrected chi connectivity index (χ2v) is 22.5. The molecule has 84 heavy (non-hydrogen) atoms. The van der Waals surface area contributed by atoms with Crippen LogP contribution in [0.2, 0.25) is 0 Å². The molecule has 0 rings (SSSR count). The van der Waals surface area contributed by atoms with Gasteiger partial charge in [0.05, 0.1) is 6.61 Å². The molecule has 1 unspecified atom stereocenters. The summed E-state index contributed by atoms with van der Waals surface area (Å²) in [4.78, 5) is 24.7. The molecule has 0 fully saturated rings. The standard InChI is InChI=1S/C79H128O5/c1-3-5-7-9-11-13-15-17-19-21-23-25-27-29-31-33-35-37-38-39-40-42-44-46-48-50-52-54-56-58-60-62-64-66-68-70-72-74-79(82)84-77(75-80)76-83-78(81)73-71-69-67-65-63-61-59-57-55-53-51-49-47-45-43-41-36-34-32-30-28-26-24-22-20-18-16-14-12-10-8-6-4-2/h5-8,11-14,17-20,23-26,29-32,35-37,39-41,44,46,77,80H,3-4,9-10,15-16,21-22,27-28,33-34,38,42-43,45,47-76H2,1-2H3/b7-5-,8-6-,13-11-,14-12-,19-17-,20-18-,25-23-,26-24-,31-29-,32-30-,37-35-,40-39-,41-36-,46-44-. The number of hydrogen-bond donors (Lipinski definition) is 1. The minimum Gasteiger partial charge on any atom is -0.462 e. The Morgan fingerprint density at radius 1 is 0.274 bits per heavy atom. The van der Waals surface area contributed by atoms with Gasteiger partial charge < -0.3 is 14.6 Å². The molecule has 0 bridgehead atoms. The summed E-state index contributed by atoms with van der Waals surface area (Å²) in [5.41, 5.74) is 0. The van der Waals surface area contributed by atoms with Crippen molar-refractivity contribution in [3.63, 3.8) is 0 Å². The Bertz CT molecular complexity index is 1840. The van der Waals surface area contributed by atoms with Crippen molar-refractivity contribution < 1.29 is 24.2 Å². The predicted molar refractivity (Wildman–Crippen MR) is 370 cm³/mol. The van der Waals surface area contributed by atoms with Crippen LogP contribution < -0.4 is 0 Å². The minimum absolute atomic E-state index is 0.0742. The number of ether oxygens (including phenoxy) is 2. The van der Waals surface area contributed by atoms with Gasteiger partial charge >= 0.3 is 11.9 Å². The van der Waals surface area contributed by atoms with Gasteiger partial charge in [-0.1, -0.05) is 325 Å². The van der Waals surface area contributed by atoms with E-state index in [1.165, 1.54) is 141 Å². The summed E-state index contributed by atoms with van der Waals surface area (Å²) in [5, 5.41) is 9.71. The van der Waals surface area contributed by atoms with Gasteiger partial charge in [0.15, 0.2) is 6.10 Å². The lowest BCUT2D eigenvalue weighted by molar-refractivity contribution is -0.161. The van der Waals surface area contributed by atoms with Crippen LogP contribution in [0.15, 0.2) is 170 Å². The monoisotopic (exact) mass is 1160 g/mol. The second-order valence-electron chi connectivity index (χ2n) is 22.5. The summed E-state index contributed by atoms with van der Waals surface area (Å²) in [6.07, 6.45) is 112. The fourth-order valence-electron chi connectivity index (χ4n) is 9.40. The van der Waals surface area contributed by atoms with E-state index in [9.17, 15) is 14.7 Å². The molecule has 1 N–H and O–H groups in total. The Labute approximate surface area is 519 Å². The van der Waals surface area contributed by atoms with Crippen molar-refractivity contribution in [3.05, 3.63) is 170 Å². The molecule has 1 atom stereocenters. The van der Waals surface area contributed by atoms with Crippen molar-refractivity contribution in [1.82, 2.24) is 0 Å². The predicted octanol–water partition coefficient (Wildman–Crippen LogP) is 24.4. The zero-order valence-electron chi connectivity index (χ0n) is 54.4. The number of unbranched alkanes of at least 4 members (excludes halogenated alkanes) is 26. The number of aliphatic hydroxyl groups is 1. The molecule has 0 saturated carbocycles. The number of carbonyl (C=O) groups is 2. The van der Waals surface area contributed by atoms with Gasteiger partial charge in [0.2, 0.25) is 0 Å². The van der Waals surface area contributed by atoms with Gasteiger partial charge in [-0.15, -0.1) is 0 Å². The molecular weight excluding hydrogens is 1030 g/mol. The number of carbonyl (C=O) groups excluding carboxylic acids is 2. The first-order chi connectivity index (χ1) is 41.6. The zero-order valence-corrected chi connectivity index (χ0v) is 54.4. The van der Waals surface area contributed by atoms with Crippen molar-refractivity contribution in [1.29, 1.82) is 0 Å². The summed E-state index contributed by atoms with van der Waals surface area (Å²) in [5.74, 6) is -0.595. The number of esters is 2. The van der Waals surface area contributed by atoms with Gasteiger partial charge in [0.1, 0.15) is 6.61 Å². The first-order valence-corrected chi connectivity index (χ1v) is 34.7. The fraction of sp³-hybridized carbons (Fsp3) is 0.620. The summed E-state index contributed by atoms with van der Waals surface area (Å²) >= 11 is 0. The first kappa shape index (κ1) is 79.3. The highest BCUT2D eigenvalue weighted by atomic mass is 16.6. The Morgan fingerprint density at radius 2 is 0.476 bits per heavy atom. The van der Waals surface area contributed by atoms with E-state index in [0.29, 0.717) is 12.8 Å². The molecule has 0 spiro atoms. The number of hydrogen-bond acceptors (Lipinski definition) is 5. The van der Waals surface area contributed by atoms with Crippen LogP contribution in [0.5, 0.6) is 0 Å². The first-order valence-electron chi connectivity index (χ1n) is 34.7. The molecular formula is C79H128O5. The van der Waals surface area contributed by atoms with E-state index in [1.807, 2.05) is 0 Å². The maximum Gasteiger partial charge on any atom is 0.306 e. The van der Waals surface area contributed by atoms with Crippen molar-refractivity contribution in [2.24, 2.45) is 0 Å². The largest absolute Gasteiger partial charge is 0.462 e. The van der Waals surface area contributed by atoms with Crippen LogP contribution >= 0.6 is 0 Å². The maximum absolute atomic E-state index is 12.4. The van der Waals surface area contributed by atoms with Gasteiger partial charge in [-0.3, -0.25) is 9.59 Å². The third-order valence-electron chi connectivity index (χ3n) is 14.5. The molecule has 0 radical (unpaired) electrons. The van der Waals surface area contributed by atoms with Crippen LogP contribution in [0.1, 0.15) is 296 Å². The van der Waals surface area contributed by atoms with E-state index in [1.54, 1.807) is 0 Å². The molecule has 474 valence electrons. The highest BCUT2D eigenvalue weighted by molar-refractivity contribution is 5.70. The van der Waals surface area contributed by atoms with E-state index in [4.69, 9.17) is 9.47 Å². The molecule has 0 saturated heterocycles. The minimum atomic E-state index is -0.786. The highest BCUT2D eigenvalue weighted by Crippen LogP contribution is 2.16. The molecule has 5 nitrogen and oxygen atoms in total. The van der Waals surface area contributed by atoms with E-state index < -0.39 is 6.10 Å². The van der Waals surface area contributed by atoms with E-state index in [-0.39, 0.29) is 25.2 Å². The quantitative estimate of drug-likeness (QED) is 0.0373. The molecule has 0 amide bonds. The van der Waals surface area contributed by atoms with Gasteiger partial charge in [-0.2, -0.15) is 0 Å². The van der Waals surface area contributed by atoms with Crippen molar-refractivity contribution in [3.8, 4) is 0 Å². The summed E-state index contributed by atoms with van der Waals surface area (Å²) in [7, 11) is 0. The number of aliphatic hydroxyl groups excluding tert-OH is 1. The van der Waals surface area contributed by atoms with Crippen molar-refractivity contribution in [2.75, 3.05) is 13.2 Å². The normalized spacial score (nSPS) is 13.3. The van der Waals surface area contributed by atoms with E-state index in [2.05, 4.69) is 184 Å². The average molecular weight is 1160 g/mol. The summed E-state index contributed by atoms with van der Waals surface area (Å²) in [6, 6.07) is 0. The Hall–Kier alpha value is -4.74. The van der Waals surface area contributed by atoms with Gasteiger partial charge in [0, 0.05) is 12.8 Å². The molecule has 0 aromatic carbocycles. The third kappa shape index (κ3) is 69.8. The van der Waals surface area contributed by atoms with E-state index in [0.717, 1.165) is 128 Å². The highest BCUT2D eigenvalue weighted by Gasteiger charge is 2.16. The lowest BCUT2D eigenvalue weighted by Gasteiger charge is -2.15. The van der Waals surface area contributed by atoms with Crippen LogP contribution in [-0.4, -0.2) is 36.4 Å². The average Bonchev–Trinajstić information content (AvgIpc) is 3.51. The Morgan fingerprint density at radius 3 is 0.714 bits per heavy atom. The lowest BCUT2D eigenvalue weighted by Crippen LogP contribution is -2.28. The molecule has 0 aromatic heterocycles. The molecule has 0 aliphatic rings. The van der Waals surface area contributed by atoms with Gasteiger partial charge in [-0.05, 0) is 128 Å². The van der Waals surface area contributed by atoms with Crippen LogP contribution in [0.3, 0.4) is 0 Å². The maximum atomic E-state index is 12.4. The number of allylic oxidation sites excluding steroid dienone is 28. The SMILES string of the molecule is CC/C=C\C/C=C\C/C=C\C/C=C\C/C=C\C/C=C\C/C=C\C/C=C\CCCCCCCCCCCCCCC(=O)OC(CO)COC(=O)CCCCCCCCCCCCCCCC/C=C\C/C=C\C/C=C\C/C=C\C/C=C\C/C=C\CC. The summed E-state index contributed by atoms with van der Waals surface area (Å²) < 4.78 is 10.8. The Kier molecular flexibility index (Phi) is 68.4. The fourth-order valence-corrected chi connectivity index (χ4v) is 9.40. The molecule has 0 aromatic rings. The lowest BCUT2D eigenvalue weighted by atomic mass is 10.0. The second kappa shape index (κ2) is 72.5. The van der Waals surface area contributed by atoms with Gasteiger partial charge in [-0.25, -0.2) is 0 Å². The van der Waals surface area contributed by atoms with Crippen LogP contribution in [0, 0.1) is 0 Å². The van der Waals surface area contributed by atoms with Crippen molar-refractivity contribution >= 4 is 11.9 Å². The summed E-state index contributed by atoms with van der Waals surface area (Å²) in [6.45, 7) is 3.92. The van der Waals surface area contributed by atoms with Crippen LogP contribution in [0.4, 0.5) is 0 Å². The van der Waals surface area contributed by atoms with Gasteiger partial charge in [0.25, 0.3) is 0 Å². The Balaban J connectivity index is 3.53. The molecule has 0 aliphatic carbocycles. The van der Waals surface area contributed by atoms with Crippen LogP contribution in [0.25, 0.3) is 0 Å². The topological polar surface area (TPSA) is 72.8 Å². The molecule has 5 heteroatoms. The molecule has 0 heterocycles. The van der Waals surface area contributed by atoms with E-state index >= 15 is 0 Å². The number of rotatable bonds is 62.